The van der Waals surface area contributed by atoms with E-state index in [0.29, 0.717) is 12.1 Å². The van der Waals surface area contributed by atoms with E-state index in [9.17, 15) is 8.42 Å². The van der Waals surface area contributed by atoms with E-state index < -0.39 is 10.0 Å². The third-order valence-electron chi connectivity index (χ3n) is 2.52. The van der Waals surface area contributed by atoms with E-state index in [1.165, 1.54) is 12.1 Å². The number of hydrogen-bond donors (Lipinski definition) is 2. The summed E-state index contributed by atoms with van der Waals surface area (Å²) in [5.74, 6) is 0. The van der Waals surface area contributed by atoms with Gasteiger partial charge in [0.2, 0.25) is 10.0 Å². The normalized spacial score (nSPS) is 11.4. The van der Waals surface area contributed by atoms with Crippen LogP contribution in [0.4, 0.5) is 0 Å². The predicted molar refractivity (Wildman–Crippen MR) is 77.0 cm³/mol. The van der Waals surface area contributed by atoms with Crippen LogP contribution in [0.15, 0.2) is 29.2 Å². The second-order valence-corrected chi connectivity index (χ2v) is 6.20. The summed E-state index contributed by atoms with van der Waals surface area (Å²) in [4.78, 5) is 0.494. The molecule has 0 saturated carbocycles. The first-order chi connectivity index (χ1) is 8.47. The van der Waals surface area contributed by atoms with Gasteiger partial charge in [-0.2, -0.15) is 0 Å². The van der Waals surface area contributed by atoms with Crippen LogP contribution in [0, 0.1) is 0 Å². The fraction of sp³-hybridized carbons (Fsp3) is 0.417. The molecule has 0 saturated heterocycles. The topological polar surface area (TPSA) is 72.2 Å². The number of nitrogens with two attached hydrogens (primary N) is 1. The average Bonchev–Trinajstić information content (AvgIpc) is 2.35. The lowest BCUT2D eigenvalue weighted by Crippen LogP contribution is -2.24. The Hall–Kier alpha value is -0.980. The number of benzene rings is 1. The number of sulfonamides is 1. The Kier molecular flexibility index (Phi) is 5.71. The van der Waals surface area contributed by atoms with E-state index in [-0.39, 0.29) is 9.88 Å². The molecule has 4 nitrogen and oxygen atoms in total. The zero-order valence-corrected chi connectivity index (χ0v) is 12.0. The van der Waals surface area contributed by atoms with E-state index in [4.69, 9.17) is 18.0 Å². The average molecular weight is 286 g/mol. The van der Waals surface area contributed by atoms with Gasteiger partial charge in [0.25, 0.3) is 0 Å². The van der Waals surface area contributed by atoms with Crippen LogP contribution >= 0.6 is 12.2 Å². The molecule has 0 spiro atoms. The molecule has 1 aromatic rings. The van der Waals surface area contributed by atoms with Crippen molar-refractivity contribution >= 4 is 27.2 Å². The van der Waals surface area contributed by atoms with Crippen LogP contribution in [0.5, 0.6) is 0 Å². The first-order valence-electron chi connectivity index (χ1n) is 5.87. The van der Waals surface area contributed by atoms with Crippen LogP contribution in [-0.2, 0) is 10.0 Å². The number of thiocarbonyl (C=S) groups is 1. The fourth-order valence-electron chi connectivity index (χ4n) is 1.46. The Morgan fingerprint density at radius 1 is 1.28 bits per heavy atom. The molecule has 0 aliphatic heterocycles. The van der Waals surface area contributed by atoms with Gasteiger partial charge in [0.05, 0.1) is 4.90 Å². The monoisotopic (exact) mass is 286 g/mol. The minimum Gasteiger partial charge on any atom is -0.389 e. The molecule has 100 valence electrons. The molecule has 0 amide bonds. The molecule has 1 aromatic carbocycles. The van der Waals surface area contributed by atoms with Crippen molar-refractivity contribution in [1.29, 1.82) is 0 Å². The SMILES string of the molecule is CCCCCNS(=O)(=O)c1ccc(C(N)=S)cc1. The largest absolute Gasteiger partial charge is 0.389 e. The highest BCUT2D eigenvalue weighted by Gasteiger charge is 2.12. The van der Waals surface area contributed by atoms with Gasteiger partial charge in [0.15, 0.2) is 0 Å². The van der Waals surface area contributed by atoms with Gasteiger partial charge < -0.3 is 5.73 Å². The van der Waals surface area contributed by atoms with E-state index in [1.54, 1.807) is 12.1 Å². The molecule has 0 fully saturated rings. The smallest absolute Gasteiger partial charge is 0.240 e. The van der Waals surface area contributed by atoms with Gasteiger partial charge in [-0.3, -0.25) is 0 Å². The molecule has 0 bridgehead atoms. The Balaban J connectivity index is 2.70. The van der Waals surface area contributed by atoms with Crippen molar-refractivity contribution < 1.29 is 8.42 Å². The summed E-state index contributed by atoms with van der Waals surface area (Å²) in [7, 11) is -3.42. The second-order valence-electron chi connectivity index (χ2n) is 3.99. The summed E-state index contributed by atoms with van der Waals surface area (Å²) in [5, 5.41) is 0. The molecule has 0 unspecified atom stereocenters. The molecule has 0 aromatic heterocycles. The Bertz CT molecular complexity index is 495. The first kappa shape index (κ1) is 15.1. The molecule has 3 N–H and O–H groups in total. The van der Waals surface area contributed by atoms with Gasteiger partial charge in [-0.25, -0.2) is 13.1 Å². The maximum atomic E-state index is 11.9. The van der Waals surface area contributed by atoms with Crippen LogP contribution in [0.25, 0.3) is 0 Å². The van der Waals surface area contributed by atoms with Crippen molar-refractivity contribution in [3.05, 3.63) is 29.8 Å². The Morgan fingerprint density at radius 3 is 2.39 bits per heavy atom. The molecule has 0 aliphatic carbocycles. The van der Waals surface area contributed by atoms with Gasteiger partial charge in [0, 0.05) is 12.1 Å². The first-order valence-corrected chi connectivity index (χ1v) is 7.76. The van der Waals surface area contributed by atoms with Crippen LogP contribution in [-0.4, -0.2) is 20.0 Å². The van der Waals surface area contributed by atoms with E-state index >= 15 is 0 Å². The molecule has 1 rings (SSSR count). The highest BCUT2D eigenvalue weighted by molar-refractivity contribution is 7.89. The maximum Gasteiger partial charge on any atom is 0.240 e. The fourth-order valence-corrected chi connectivity index (χ4v) is 2.67. The van der Waals surface area contributed by atoms with Gasteiger partial charge in [-0.1, -0.05) is 44.1 Å². The van der Waals surface area contributed by atoms with Crippen molar-refractivity contribution in [3.8, 4) is 0 Å². The lowest BCUT2D eigenvalue weighted by molar-refractivity contribution is 0.576. The Labute approximate surface area is 114 Å². The lowest BCUT2D eigenvalue weighted by atomic mass is 10.2. The van der Waals surface area contributed by atoms with Crippen LogP contribution < -0.4 is 10.5 Å². The Morgan fingerprint density at radius 2 is 1.89 bits per heavy atom. The third-order valence-corrected chi connectivity index (χ3v) is 4.23. The number of rotatable bonds is 7. The van der Waals surface area contributed by atoms with Crippen LogP contribution in [0.2, 0.25) is 0 Å². The zero-order chi connectivity index (χ0) is 13.6. The zero-order valence-electron chi connectivity index (χ0n) is 10.3. The molecule has 6 heteroatoms. The van der Waals surface area contributed by atoms with Gasteiger partial charge in [-0.15, -0.1) is 0 Å². The van der Waals surface area contributed by atoms with Crippen LogP contribution in [0.1, 0.15) is 31.7 Å². The molecular formula is C12H18N2O2S2. The quantitative estimate of drug-likeness (QED) is 0.592. The standard InChI is InChI=1S/C12H18N2O2S2/c1-2-3-4-9-14-18(15,16)11-7-5-10(6-8-11)12(13)17/h5-8,14H,2-4,9H2,1H3,(H2,13,17). The van der Waals surface area contributed by atoms with Gasteiger partial charge >= 0.3 is 0 Å². The predicted octanol–water partition coefficient (Wildman–Crippen LogP) is 1.79. The van der Waals surface area contributed by atoms with E-state index in [1.807, 2.05) is 0 Å². The summed E-state index contributed by atoms with van der Waals surface area (Å²) in [6.07, 6.45) is 2.92. The van der Waals surface area contributed by atoms with Crippen molar-refractivity contribution in [3.63, 3.8) is 0 Å². The van der Waals surface area contributed by atoms with Crippen LogP contribution in [0.3, 0.4) is 0 Å². The summed E-state index contributed by atoms with van der Waals surface area (Å²) in [6.45, 7) is 2.54. The number of hydrogen-bond acceptors (Lipinski definition) is 3. The van der Waals surface area contributed by atoms with Crippen molar-refractivity contribution in [2.24, 2.45) is 5.73 Å². The number of nitrogens with one attached hydrogen (secondary N) is 1. The van der Waals surface area contributed by atoms with E-state index in [0.717, 1.165) is 19.3 Å². The molecule has 0 heterocycles. The van der Waals surface area contributed by atoms with Gasteiger partial charge in [-0.05, 0) is 18.6 Å². The lowest BCUT2D eigenvalue weighted by Gasteiger charge is -2.07. The summed E-state index contributed by atoms with van der Waals surface area (Å²) < 4.78 is 26.4. The molecular weight excluding hydrogens is 268 g/mol. The summed E-state index contributed by atoms with van der Waals surface area (Å²) in [6, 6.07) is 6.25. The molecule has 18 heavy (non-hydrogen) atoms. The molecule has 0 atom stereocenters. The molecule has 0 aliphatic rings. The van der Waals surface area contributed by atoms with Crippen molar-refractivity contribution in [1.82, 2.24) is 4.72 Å². The van der Waals surface area contributed by atoms with Crippen molar-refractivity contribution in [2.45, 2.75) is 31.1 Å². The summed E-state index contributed by atoms with van der Waals surface area (Å²) in [5.41, 5.74) is 6.11. The molecule has 0 radical (unpaired) electrons. The highest BCUT2D eigenvalue weighted by atomic mass is 32.2. The minimum atomic E-state index is -3.42. The third kappa shape index (κ3) is 4.36. The van der Waals surface area contributed by atoms with E-state index in [2.05, 4.69) is 11.6 Å². The number of unbranched alkanes of at least 4 members (excludes halogenated alkanes) is 2. The highest BCUT2D eigenvalue weighted by Crippen LogP contribution is 2.10. The summed E-state index contributed by atoms with van der Waals surface area (Å²) >= 11 is 4.81. The van der Waals surface area contributed by atoms with Gasteiger partial charge in [0.1, 0.15) is 4.99 Å². The van der Waals surface area contributed by atoms with Crippen molar-refractivity contribution in [2.75, 3.05) is 6.54 Å². The second kappa shape index (κ2) is 6.82. The minimum absolute atomic E-state index is 0.235. The maximum absolute atomic E-state index is 11.9.